The lowest BCUT2D eigenvalue weighted by Crippen LogP contribution is -2.22. The number of rotatable bonds is 7. The average molecular weight is 324 g/mol. The molecule has 0 bridgehead atoms. The summed E-state index contributed by atoms with van der Waals surface area (Å²) in [6, 6.07) is 8.27. The smallest absolute Gasteiger partial charge is 0.220 e. The van der Waals surface area contributed by atoms with Crippen molar-refractivity contribution in [1.82, 2.24) is 20.1 Å². The fourth-order valence-electron chi connectivity index (χ4n) is 3.04. The molecule has 0 aliphatic carbocycles. The normalized spacial score (nSPS) is 11.1. The highest BCUT2D eigenvalue weighted by molar-refractivity contribution is 5.83. The highest BCUT2D eigenvalue weighted by Crippen LogP contribution is 2.19. The summed E-state index contributed by atoms with van der Waals surface area (Å²) in [5, 5.41) is 8.54. The van der Waals surface area contributed by atoms with Gasteiger partial charge in [0.25, 0.3) is 0 Å². The number of benzene rings is 1. The fourth-order valence-corrected chi connectivity index (χ4v) is 3.04. The Morgan fingerprint density at radius 2 is 2.12 bits per heavy atom. The van der Waals surface area contributed by atoms with Gasteiger partial charge in [0.1, 0.15) is 0 Å². The molecule has 5 nitrogen and oxygen atoms in total. The van der Waals surface area contributed by atoms with E-state index in [4.69, 9.17) is 0 Å². The second kappa shape index (κ2) is 7.34. The number of aromatic nitrogens is 3. The number of carbonyl (C=O) groups excluding carboxylic acids is 1. The number of para-hydroxylation sites is 1. The van der Waals surface area contributed by atoms with Gasteiger partial charge in [-0.3, -0.25) is 9.48 Å². The number of carbonyl (C=O) groups is 1. The van der Waals surface area contributed by atoms with Crippen LogP contribution in [0.3, 0.4) is 0 Å². The first-order valence-corrected chi connectivity index (χ1v) is 8.52. The standard InChI is InChI=1S/C19H24N4O/c1-3-23-14(2)16(13-22-23)12-21-19(24)10-6-7-15-11-20-18-9-5-4-8-17(15)18/h4-5,8-9,11,13,20H,3,6-7,10,12H2,1-2H3,(H,21,24). The van der Waals surface area contributed by atoms with Crippen LogP contribution in [0.5, 0.6) is 0 Å². The number of nitrogens with zero attached hydrogens (tertiary/aromatic N) is 2. The Balaban J connectivity index is 1.46. The molecule has 126 valence electrons. The van der Waals surface area contributed by atoms with Crippen LogP contribution in [0, 0.1) is 6.92 Å². The Hall–Kier alpha value is -2.56. The number of H-pyrrole nitrogens is 1. The van der Waals surface area contributed by atoms with Crippen LogP contribution < -0.4 is 5.32 Å². The predicted octanol–water partition coefficient (Wildman–Crippen LogP) is 3.33. The molecule has 3 aromatic rings. The molecule has 3 rings (SSSR count). The monoisotopic (exact) mass is 324 g/mol. The van der Waals surface area contributed by atoms with Crippen LogP contribution in [0.2, 0.25) is 0 Å². The maximum atomic E-state index is 12.0. The third-order valence-electron chi connectivity index (χ3n) is 4.51. The average Bonchev–Trinajstić information content (AvgIpc) is 3.17. The molecule has 0 spiro atoms. The molecule has 0 atom stereocenters. The van der Waals surface area contributed by atoms with Crippen LogP contribution in [0.1, 0.15) is 36.6 Å². The van der Waals surface area contributed by atoms with Crippen LogP contribution in [0.4, 0.5) is 0 Å². The van der Waals surface area contributed by atoms with Gasteiger partial charge < -0.3 is 10.3 Å². The minimum absolute atomic E-state index is 0.0958. The van der Waals surface area contributed by atoms with Gasteiger partial charge in [0.05, 0.1) is 6.20 Å². The van der Waals surface area contributed by atoms with E-state index in [2.05, 4.69) is 34.5 Å². The van der Waals surface area contributed by atoms with Crippen LogP contribution in [-0.4, -0.2) is 20.7 Å². The van der Waals surface area contributed by atoms with E-state index in [1.54, 1.807) is 0 Å². The van der Waals surface area contributed by atoms with Crippen LogP contribution >= 0.6 is 0 Å². The van der Waals surface area contributed by atoms with E-state index in [-0.39, 0.29) is 5.91 Å². The molecule has 2 heterocycles. The number of amides is 1. The Labute approximate surface area is 142 Å². The molecule has 0 aliphatic rings. The summed E-state index contributed by atoms with van der Waals surface area (Å²) in [4.78, 5) is 15.3. The minimum Gasteiger partial charge on any atom is -0.361 e. The first-order valence-electron chi connectivity index (χ1n) is 8.52. The summed E-state index contributed by atoms with van der Waals surface area (Å²) in [6.07, 6.45) is 6.18. The zero-order valence-electron chi connectivity index (χ0n) is 14.3. The first kappa shape index (κ1) is 16.3. The topological polar surface area (TPSA) is 62.7 Å². The number of fused-ring (bicyclic) bond motifs is 1. The molecule has 0 fully saturated rings. The fraction of sp³-hybridized carbons (Fsp3) is 0.368. The minimum atomic E-state index is 0.0958. The summed E-state index contributed by atoms with van der Waals surface area (Å²) in [7, 11) is 0. The highest BCUT2D eigenvalue weighted by Gasteiger charge is 2.08. The van der Waals surface area contributed by atoms with E-state index >= 15 is 0 Å². The Morgan fingerprint density at radius 1 is 1.29 bits per heavy atom. The van der Waals surface area contributed by atoms with Gasteiger partial charge in [0.15, 0.2) is 0 Å². The molecule has 0 aliphatic heterocycles. The third kappa shape index (κ3) is 3.50. The summed E-state index contributed by atoms with van der Waals surface area (Å²) < 4.78 is 1.94. The molecule has 0 saturated heterocycles. The van der Waals surface area contributed by atoms with Gasteiger partial charge in [-0.15, -0.1) is 0 Å². The van der Waals surface area contributed by atoms with Gasteiger partial charge in [-0.2, -0.15) is 5.10 Å². The van der Waals surface area contributed by atoms with E-state index in [0.717, 1.165) is 36.2 Å². The van der Waals surface area contributed by atoms with Crippen molar-refractivity contribution in [1.29, 1.82) is 0 Å². The van der Waals surface area contributed by atoms with Crippen molar-refractivity contribution in [2.45, 2.75) is 46.2 Å². The van der Waals surface area contributed by atoms with E-state index in [1.165, 1.54) is 10.9 Å². The van der Waals surface area contributed by atoms with Gasteiger partial charge in [-0.1, -0.05) is 18.2 Å². The van der Waals surface area contributed by atoms with E-state index < -0.39 is 0 Å². The molecular weight excluding hydrogens is 300 g/mol. The lowest BCUT2D eigenvalue weighted by atomic mass is 10.1. The lowest BCUT2D eigenvalue weighted by molar-refractivity contribution is -0.121. The van der Waals surface area contributed by atoms with Crippen molar-refractivity contribution in [3.05, 3.63) is 53.5 Å². The van der Waals surface area contributed by atoms with Crippen LogP contribution in [0.25, 0.3) is 10.9 Å². The van der Waals surface area contributed by atoms with Crippen molar-refractivity contribution in [2.24, 2.45) is 0 Å². The summed E-state index contributed by atoms with van der Waals surface area (Å²) in [5.74, 6) is 0.0958. The first-order chi connectivity index (χ1) is 11.7. The van der Waals surface area contributed by atoms with Gasteiger partial charge in [0, 0.05) is 47.9 Å². The van der Waals surface area contributed by atoms with E-state index in [1.807, 2.05) is 36.1 Å². The van der Waals surface area contributed by atoms with Crippen molar-refractivity contribution < 1.29 is 4.79 Å². The van der Waals surface area contributed by atoms with Gasteiger partial charge in [0.2, 0.25) is 5.91 Å². The van der Waals surface area contributed by atoms with Gasteiger partial charge in [-0.25, -0.2) is 0 Å². The summed E-state index contributed by atoms with van der Waals surface area (Å²) in [5.41, 5.74) is 4.64. The molecule has 2 N–H and O–H groups in total. The summed E-state index contributed by atoms with van der Waals surface area (Å²) in [6.45, 7) is 5.50. The maximum Gasteiger partial charge on any atom is 0.220 e. The molecule has 0 saturated carbocycles. The molecule has 1 aromatic carbocycles. The molecule has 1 amide bonds. The Kier molecular flexibility index (Phi) is 4.99. The predicted molar refractivity (Wildman–Crippen MR) is 95.7 cm³/mol. The van der Waals surface area contributed by atoms with Crippen molar-refractivity contribution in [3.63, 3.8) is 0 Å². The maximum absolute atomic E-state index is 12.0. The zero-order chi connectivity index (χ0) is 16.9. The largest absolute Gasteiger partial charge is 0.361 e. The van der Waals surface area contributed by atoms with Crippen molar-refractivity contribution in [3.8, 4) is 0 Å². The molecule has 0 radical (unpaired) electrons. The Morgan fingerprint density at radius 3 is 2.92 bits per heavy atom. The third-order valence-corrected chi connectivity index (χ3v) is 4.51. The van der Waals surface area contributed by atoms with Crippen molar-refractivity contribution >= 4 is 16.8 Å². The molecule has 5 heteroatoms. The lowest BCUT2D eigenvalue weighted by Gasteiger charge is -2.05. The van der Waals surface area contributed by atoms with Gasteiger partial charge >= 0.3 is 0 Å². The van der Waals surface area contributed by atoms with Crippen LogP contribution in [0.15, 0.2) is 36.7 Å². The molecule has 0 unspecified atom stereocenters. The summed E-state index contributed by atoms with van der Waals surface area (Å²) >= 11 is 0. The number of aromatic amines is 1. The zero-order valence-corrected chi connectivity index (χ0v) is 14.3. The van der Waals surface area contributed by atoms with Crippen molar-refractivity contribution in [2.75, 3.05) is 0 Å². The number of hydrogen-bond donors (Lipinski definition) is 2. The quantitative estimate of drug-likeness (QED) is 0.700. The molecular formula is C19H24N4O. The van der Waals surface area contributed by atoms with E-state index in [0.29, 0.717) is 13.0 Å². The SMILES string of the molecule is CCn1ncc(CNC(=O)CCCc2c[nH]c3ccccc23)c1C. The second-order valence-electron chi connectivity index (χ2n) is 6.06. The van der Waals surface area contributed by atoms with Crippen LogP contribution in [-0.2, 0) is 24.3 Å². The highest BCUT2D eigenvalue weighted by atomic mass is 16.1. The number of hydrogen-bond acceptors (Lipinski definition) is 2. The number of aryl methyl sites for hydroxylation is 2. The molecule has 2 aromatic heterocycles. The second-order valence-corrected chi connectivity index (χ2v) is 6.06. The Bertz CT molecular complexity index is 831. The van der Waals surface area contributed by atoms with Gasteiger partial charge in [-0.05, 0) is 38.3 Å². The van der Waals surface area contributed by atoms with E-state index in [9.17, 15) is 4.79 Å². The number of nitrogens with one attached hydrogen (secondary N) is 2. The molecule has 24 heavy (non-hydrogen) atoms.